The molecular weight excluding hydrogens is 589 g/mol. The number of hydrogen-bond donors (Lipinski definition) is 1. The van der Waals surface area contributed by atoms with Crippen LogP contribution < -0.4 is 15.1 Å². The molecule has 2 atom stereocenters. The Balaban J connectivity index is 1.59. The predicted molar refractivity (Wildman–Crippen MR) is 148 cm³/mol. The summed E-state index contributed by atoms with van der Waals surface area (Å²) in [6, 6.07) is 8.25. The Morgan fingerprint density at radius 1 is 1.19 bits per heavy atom. The molecule has 3 amide bonds. The van der Waals surface area contributed by atoms with E-state index in [4.69, 9.17) is 16.3 Å². The summed E-state index contributed by atoms with van der Waals surface area (Å²) < 4.78 is 47.3. The molecule has 2 aromatic heterocycles. The molecule has 0 radical (unpaired) electrons. The maximum Gasteiger partial charge on any atom is 0.416 e. The molecular formula is C29H24ClF3N6O4. The number of carbonyl (C=O) groups is 3. The normalized spacial score (nSPS) is 18.8. The first-order chi connectivity index (χ1) is 20.6. The molecule has 3 aromatic rings. The van der Waals surface area contributed by atoms with Crippen LogP contribution in [0.1, 0.15) is 42.9 Å². The molecule has 0 spiro atoms. The van der Waals surface area contributed by atoms with E-state index in [2.05, 4.69) is 15.3 Å². The van der Waals surface area contributed by atoms with E-state index in [1.807, 2.05) is 6.07 Å². The van der Waals surface area contributed by atoms with Gasteiger partial charge < -0.3 is 10.1 Å². The number of pyridine rings is 2. The van der Waals surface area contributed by atoms with Gasteiger partial charge in [0.1, 0.15) is 24.3 Å². The van der Waals surface area contributed by atoms with Crippen LogP contribution in [0, 0.1) is 17.1 Å². The van der Waals surface area contributed by atoms with Crippen molar-refractivity contribution in [2.75, 3.05) is 16.4 Å². The molecule has 2 unspecified atom stereocenters. The van der Waals surface area contributed by atoms with E-state index < -0.39 is 67.2 Å². The first-order valence-electron chi connectivity index (χ1n) is 13.3. The number of amides is 3. The van der Waals surface area contributed by atoms with Gasteiger partial charge in [-0.05, 0) is 31.0 Å². The van der Waals surface area contributed by atoms with Gasteiger partial charge in [0.05, 0.1) is 29.7 Å². The highest BCUT2D eigenvalue weighted by Gasteiger charge is 2.46. The summed E-state index contributed by atoms with van der Waals surface area (Å²) in [7, 11) is 0. The number of anilines is 2. The molecule has 1 aromatic carbocycles. The Bertz CT molecular complexity index is 1590. The summed E-state index contributed by atoms with van der Waals surface area (Å²) >= 11 is 6.51. The smallest absolute Gasteiger partial charge is 0.416 e. The summed E-state index contributed by atoms with van der Waals surface area (Å²) in [6.45, 7) is -0.454. The van der Waals surface area contributed by atoms with Crippen LogP contribution in [0.3, 0.4) is 0 Å². The van der Waals surface area contributed by atoms with Crippen LogP contribution in [0.15, 0.2) is 61.1 Å². The van der Waals surface area contributed by atoms with Crippen molar-refractivity contribution in [1.82, 2.24) is 15.3 Å². The average molecular weight is 613 g/mol. The zero-order chi connectivity index (χ0) is 30.7. The number of benzene rings is 1. The summed E-state index contributed by atoms with van der Waals surface area (Å²) in [6.07, 6.45) is 1.59. The molecule has 1 saturated heterocycles. The SMILES string of the molecule is N#Cc1ccnc(N2C(=O)OCC2C(=O)N(c2cncc(F)c2)C(C(=O)NC2CCC(F)(F)CC2)c2ccccc2Cl)c1. The molecule has 1 aliphatic heterocycles. The van der Waals surface area contributed by atoms with Gasteiger partial charge in [-0.3, -0.25) is 19.5 Å². The van der Waals surface area contributed by atoms with Crippen LogP contribution in [0.4, 0.5) is 29.5 Å². The molecule has 43 heavy (non-hydrogen) atoms. The summed E-state index contributed by atoms with van der Waals surface area (Å²) in [4.78, 5) is 51.1. The van der Waals surface area contributed by atoms with Gasteiger partial charge in [0.15, 0.2) is 6.04 Å². The molecule has 5 rings (SSSR count). The lowest BCUT2D eigenvalue weighted by Crippen LogP contribution is -2.54. The predicted octanol–water partition coefficient (Wildman–Crippen LogP) is 4.93. The van der Waals surface area contributed by atoms with Crippen molar-refractivity contribution in [2.45, 2.75) is 49.7 Å². The molecule has 14 heteroatoms. The molecule has 2 fully saturated rings. The fraction of sp³-hybridized carbons (Fsp3) is 0.310. The highest BCUT2D eigenvalue weighted by molar-refractivity contribution is 6.31. The molecule has 1 N–H and O–H groups in total. The number of nitriles is 1. The van der Waals surface area contributed by atoms with Gasteiger partial charge in [-0.1, -0.05) is 29.8 Å². The first-order valence-corrected chi connectivity index (χ1v) is 13.6. The maximum absolute atomic E-state index is 14.5. The summed E-state index contributed by atoms with van der Waals surface area (Å²) in [5, 5.41) is 12.2. The minimum atomic E-state index is -2.84. The minimum absolute atomic E-state index is 0.00307. The van der Waals surface area contributed by atoms with Gasteiger partial charge in [-0.2, -0.15) is 5.26 Å². The quantitative estimate of drug-likeness (QED) is 0.400. The number of hydrogen-bond acceptors (Lipinski definition) is 7. The van der Waals surface area contributed by atoms with Crippen molar-refractivity contribution in [1.29, 1.82) is 5.26 Å². The highest BCUT2D eigenvalue weighted by atomic mass is 35.5. The Kier molecular flexibility index (Phi) is 8.50. The van der Waals surface area contributed by atoms with E-state index >= 15 is 0 Å². The van der Waals surface area contributed by atoms with Crippen LogP contribution in [0.25, 0.3) is 0 Å². The van der Waals surface area contributed by atoms with E-state index in [0.29, 0.717) is 0 Å². The largest absolute Gasteiger partial charge is 0.446 e. The summed E-state index contributed by atoms with van der Waals surface area (Å²) in [5.41, 5.74) is 0.175. The topological polar surface area (TPSA) is 129 Å². The third-order valence-electron chi connectivity index (χ3n) is 7.26. The fourth-order valence-corrected chi connectivity index (χ4v) is 5.37. The number of nitrogens with one attached hydrogen (secondary N) is 1. The van der Waals surface area contributed by atoms with Crippen LogP contribution in [-0.4, -0.2) is 52.5 Å². The van der Waals surface area contributed by atoms with Crippen LogP contribution in [0.2, 0.25) is 5.02 Å². The van der Waals surface area contributed by atoms with Gasteiger partial charge in [0, 0.05) is 41.7 Å². The van der Waals surface area contributed by atoms with Gasteiger partial charge >= 0.3 is 6.09 Å². The Morgan fingerprint density at radius 2 is 1.93 bits per heavy atom. The minimum Gasteiger partial charge on any atom is -0.446 e. The average Bonchev–Trinajstić information content (AvgIpc) is 3.38. The van der Waals surface area contributed by atoms with Crippen LogP contribution >= 0.6 is 11.6 Å². The molecule has 222 valence electrons. The second-order valence-corrected chi connectivity index (χ2v) is 10.5. The maximum atomic E-state index is 14.5. The van der Waals surface area contributed by atoms with Crippen molar-refractivity contribution in [3.05, 3.63) is 83.0 Å². The lowest BCUT2D eigenvalue weighted by atomic mass is 9.91. The Hall–Kier alpha value is -4.70. The molecule has 10 nitrogen and oxygen atoms in total. The van der Waals surface area contributed by atoms with Gasteiger partial charge in [0.25, 0.3) is 5.91 Å². The molecule has 1 aliphatic carbocycles. The second kappa shape index (κ2) is 12.3. The zero-order valence-electron chi connectivity index (χ0n) is 22.4. The number of alkyl halides is 2. The van der Waals surface area contributed by atoms with Crippen LogP contribution in [0.5, 0.6) is 0 Å². The lowest BCUT2D eigenvalue weighted by Gasteiger charge is -2.36. The second-order valence-electron chi connectivity index (χ2n) is 10.1. The van der Waals surface area contributed by atoms with E-state index in [-0.39, 0.29) is 40.5 Å². The van der Waals surface area contributed by atoms with E-state index in [1.165, 1.54) is 30.5 Å². The third-order valence-corrected chi connectivity index (χ3v) is 7.60. The van der Waals surface area contributed by atoms with E-state index in [0.717, 1.165) is 28.3 Å². The zero-order valence-corrected chi connectivity index (χ0v) is 23.2. The van der Waals surface area contributed by atoms with Crippen molar-refractivity contribution >= 4 is 41.0 Å². The van der Waals surface area contributed by atoms with Crippen molar-refractivity contribution in [2.24, 2.45) is 0 Å². The van der Waals surface area contributed by atoms with E-state index in [1.54, 1.807) is 12.1 Å². The molecule has 1 saturated carbocycles. The number of nitrogens with zero attached hydrogens (tertiary/aromatic N) is 5. The van der Waals surface area contributed by atoms with Crippen molar-refractivity contribution in [3.8, 4) is 6.07 Å². The number of ether oxygens (including phenoxy) is 1. The highest BCUT2D eigenvalue weighted by Crippen LogP contribution is 2.37. The van der Waals surface area contributed by atoms with Crippen molar-refractivity contribution < 1.29 is 32.3 Å². The number of rotatable bonds is 7. The van der Waals surface area contributed by atoms with Crippen molar-refractivity contribution in [3.63, 3.8) is 0 Å². The van der Waals surface area contributed by atoms with Gasteiger partial charge in [0.2, 0.25) is 11.8 Å². The van der Waals surface area contributed by atoms with Crippen LogP contribution in [-0.2, 0) is 14.3 Å². The summed E-state index contributed by atoms with van der Waals surface area (Å²) in [5.74, 6) is -5.35. The molecule has 2 aliphatic rings. The fourth-order valence-electron chi connectivity index (χ4n) is 5.13. The lowest BCUT2D eigenvalue weighted by molar-refractivity contribution is -0.128. The molecule has 3 heterocycles. The van der Waals surface area contributed by atoms with Gasteiger partial charge in [-0.25, -0.2) is 27.8 Å². The molecule has 0 bridgehead atoms. The Labute approximate surface area is 249 Å². The van der Waals surface area contributed by atoms with Gasteiger partial charge in [-0.15, -0.1) is 0 Å². The monoisotopic (exact) mass is 612 g/mol. The Morgan fingerprint density at radius 3 is 2.63 bits per heavy atom. The third kappa shape index (κ3) is 6.39. The number of halogens is 4. The number of carbonyl (C=O) groups excluding carboxylic acids is 3. The first kappa shape index (κ1) is 29.8. The standard InChI is InChI=1S/C29H24ClF3N6O4/c30-22-4-2-1-3-21(22)25(26(40)37-19-5-8-29(32,33)9-6-19)38(20-12-18(31)14-35-15-20)27(41)23-16-43-28(42)39(23)24-11-17(13-34)7-10-36-24/h1-4,7,10-12,14-15,19,23,25H,5-6,8-9,16H2,(H,37,40). The number of aromatic nitrogens is 2. The van der Waals surface area contributed by atoms with E-state index in [9.17, 15) is 32.8 Å². The number of cyclic esters (lactones) is 1.